The number of ketones is 2. The molecule has 4 aromatic heterocycles. The monoisotopic (exact) mass is 1070 g/mol. The normalized spacial score (nSPS) is 12.8. The number of benzene rings is 4. The molecule has 9 rings (SSSR count). The summed E-state index contributed by atoms with van der Waals surface area (Å²) in [4.78, 5) is 82.5. The number of allylic oxidation sites excluding steroid dienone is 2. The SMILES string of the molecule is CC(C(=O)C(C)(C)C)=C(O)c1ncnc2ccccc12.CC(C)(C)C(=O)CC(F)(F)F.CC1=C(c2ncnc3ccccc23)CN=C1C(C)(C)C.COC(=O)c1ncnc2ccccc12.O=C(O)c1ncnc2ccccc12. The highest BCUT2D eigenvalue weighted by molar-refractivity contribution is 6.13. The Morgan fingerprint density at radius 3 is 1.35 bits per heavy atom. The number of aliphatic hydroxyl groups excluding tert-OH is 1. The quantitative estimate of drug-likeness (QED) is 0.0895. The molecule has 0 unspecified atom stereocenters. The smallest absolute Gasteiger partial charge is 0.395 e. The van der Waals surface area contributed by atoms with Gasteiger partial charge in [0.25, 0.3) is 0 Å². The zero-order valence-electron chi connectivity index (χ0n) is 45.6. The van der Waals surface area contributed by atoms with Crippen LogP contribution in [0.1, 0.15) is 115 Å². The van der Waals surface area contributed by atoms with Gasteiger partial charge in [-0.1, -0.05) is 135 Å². The van der Waals surface area contributed by atoms with Gasteiger partial charge in [-0.2, -0.15) is 13.2 Å². The highest BCUT2D eigenvalue weighted by Crippen LogP contribution is 2.34. The van der Waals surface area contributed by atoms with Gasteiger partial charge in [-0.3, -0.25) is 14.6 Å². The number of rotatable bonds is 6. The third-order valence-corrected chi connectivity index (χ3v) is 11.8. The largest absolute Gasteiger partial charge is 0.505 e. The van der Waals surface area contributed by atoms with E-state index in [2.05, 4.69) is 78.4 Å². The highest BCUT2D eigenvalue weighted by atomic mass is 19.4. The molecule has 0 radical (unpaired) electrons. The number of hydrogen-bond donors (Lipinski definition) is 2. The van der Waals surface area contributed by atoms with E-state index in [1.807, 2.05) is 81.4 Å². The molecule has 406 valence electrons. The topological polar surface area (TPSA) is 233 Å². The summed E-state index contributed by atoms with van der Waals surface area (Å²) in [5.74, 6) is -2.42. The molecule has 0 atom stereocenters. The number of carboxylic acids is 1. The van der Waals surface area contributed by atoms with Gasteiger partial charge < -0.3 is 14.9 Å². The van der Waals surface area contributed by atoms with Crippen LogP contribution in [0.2, 0.25) is 0 Å². The third kappa shape index (κ3) is 15.7. The van der Waals surface area contributed by atoms with Crippen molar-refractivity contribution in [1.82, 2.24) is 39.9 Å². The van der Waals surface area contributed by atoms with Crippen molar-refractivity contribution in [3.63, 3.8) is 0 Å². The molecule has 16 nitrogen and oxygen atoms in total. The minimum Gasteiger partial charge on any atom is -0.505 e. The summed E-state index contributed by atoms with van der Waals surface area (Å²) < 4.78 is 39.5. The Labute approximate surface area is 449 Å². The van der Waals surface area contributed by atoms with Crippen LogP contribution in [0.5, 0.6) is 0 Å². The summed E-state index contributed by atoms with van der Waals surface area (Å²) in [5, 5.41) is 22.3. The zero-order valence-corrected chi connectivity index (χ0v) is 45.6. The van der Waals surface area contributed by atoms with E-state index in [1.54, 1.807) is 43.6 Å². The van der Waals surface area contributed by atoms with Gasteiger partial charge in [0.2, 0.25) is 0 Å². The van der Waals surface area contributed by atoms with Crippen LogP contribution in [0.3, 0.4) is 0 Å². The number of carboxylic acid groups (broad SMARTS) is 1. The van der Waals surface area contributed by atoms with Crippen LogP contribution < -0.4 is 0 Å². The molecule has 4 aromatic carbocycles. The number of carbonyl (C=O) groups is 4. The summed E-state index contributed by atoms with van der Waals surface area (Å²) in [7, 11) is 1.33. The van der Waals surface area contributed by atoms with Crippen molar-refractivity contribution in [1.29, 1.82) is 0 Å². The van der Waals surface area contributed by atoms with E-state index < -0.39 is 41.1 Å². The molecule has 5 heterocycles. The number of aromatic carboxylic acids is 1. The Hall–Kier alpha value is -8.74. The predicted molar refractivity (Wildman–Crippen MR) is 296 cm³/mol. The average molecular weight is 1070 g/mol. The van der Waals surface area contributed by atoms with Crippen molar-refractivity contribution in [3.8, 4) is 0 Å². The number of methoxy groups -OCH3 is 1. The number of Topliss-reactive ketones (excluding diaryl/α,β-unsaturated/α-hetero) is 2. The van der Waals surface area contributed by atoms with Gasteiger partial charge in [-0.25, -0.2) is 49.5 Å². The Kier molecular flexibility index (Phi) is 19.6. The second kappa shape index (κ2) is 25.4. The Morgan fingerprint density at radius 2 is 0.949 bits per heavy atom. The molecule has 1 aliphatic heterocycles. The summed E-state index contributed by atoms with van der Waals surface area (Å²) in [6, 6.07) is 29.9. The lowest BCUT2D eigenvalue weighted by atomic mass is 9.85. The maximum Gasteiger partial charge on any atom is 0.395 e. The maximum absolute atomic E-state index is 12.3. The van der Waals surface area contributed by atoms with E-state index >= 15 is 0 Å². The number of aliphatic hydroxyl groups is 1. The molecule has 0 spiro atoms. The van der Waals surface area contributed by atoms with E-state index in [4.69, 9.17) is 10.1 Å². The van der Waals surface area contributed by atoms with Gasteiger partial charge in [-0.05, 0) is 43.7 Å². The van der Waals surface area contributed by atoms with E-state index in [-0.39, 0.29) is 22.7 Å². The number of alkyl halides is 3. The number of aromatic nitrogens is 8. The molecule has 8 aromatic rings. The van der Waals surface area contributed by atoms with Crippen molar-refractivity contribution < 1.29 is 47.3 Å². The van der Waals surface area contributed by atoms with E-state index in [0.29, 0.717) is 33.3 Å². The molecule has 78 heavy (non-hydrogen) atoms. The molecule has 0 amide bonds. The maximum atomic E-state index is 12.3. The van der Waals surface area contributed by atoms with E-state index in [1.165, 1.54) is 63.7 Å². The first kappa shape index (κ1) is 60.1. The number of ether oxygens (including phenoxy) is 1. The van der Waals surface area contributed by atoms with Gasteiger partial charge in [0.15, 0.2) is 17.2 Å². The molecule has 0 saturated carbocycles. The van der Waals surface area contributed by atoms with Crippen molar-refractivity contribution in [2.24, 2.45) is 21.2 Å². The fraction of sp³-hybridized carbons (Fsp3) is 0.305. The first-order valence-corrected chi connectivity index (χ1v) is 24.5. The molecular formula is C59H62F3N9O7. The Morgan fingerprint density at radius 1 is 0.551 bits per heavy atom. The number of carbonyl (C=O) groups excluding carboxylic acids is 3. The number of para-hydroxylation sites is 4. The number of esters is 1. The molecule has 0 aliphatic carbocycles. The Bertz CT molecular complexity index is 3490. The van der Waals surface area contributed by atoms with Crippen LogP contribution in [0.4, 0.5) is 13.2 Å². The van der Waals surface area contributed by atoms with Crippen LogP contribution in [-0.2, 0) is 14.3 Å². The summed E-state index contributed by atoms with van der Waals surface area (Å²) in [6.07, 6.45) is -0.0446. The van der Waals surface area contributed by atoms with Crippen LogP contribution in [-0.4, -0.2) is 99.1 Å². The molecular weight excluding hydrogens is 1000 g/mol. The number of halogens is 3. The van der Waals surface area contributed by atoms with Crippen LogP contribution in [0.25, 0.3) is 54.9 Å². The Balaban J connectivity index is 0.000000183. The molecule has 0 bridgehead atoms. The van der Waals surface area contributed by atoms with Gasteiger partial charge >= 0.3 is 18.1 Å². The fourth-order valence-corrected chi connectivity index (χ4v) is 7.76. The van der Waals surface area contributed by atoms with Crippen molar-refractivity contribution in [2.45, 2.75) is 88.8 Å². The summed E-state index contributed by atoms with van der Waals surface area (Å²) >= 11 is 0. The number of aliphatic imine (C=N–C) groups is 1. The third-order valence-electron chi connectivity index (χ3n) is 11.8. The lowest BCUT2D eigenvalue weighted by Crippen LogP contribution is -2.26. The van der Waals surface area contributed by atoms with Gasteiger partial charge in [0, 0.05) is 54.6 Å². The molecule has 2 N–H and O–H groups in total. The second-order valence-corrected chi connectivity index (χ2v) is 20.8. The lowest BCUT2D eigenvalue weighted by Gasteiger charge is -2.20. The summed E-state index contributed by atoms with van der Waals surface area (Å²) in [6.45, 7) is 21.0. The van der Waals surface area contributed by atoms with Crippen LogP contribution in [0, 0.1) is 16.2 Å². The average Bonchev–Trinajstić information content (AvgIpc) is 3.82. The number of nitrogens with zero attached hydrogens (tertiary/aromatic N) is 9. The predicted octanol–water partition coefficient (Wildman–Crippen LogP) is 12.7. The highest BCUT2D eigenvalue weighted by Gasteiger charge is 2.36. The number of hydrogen-bond acceptors (Lipinski definition) is 15. The van der Waals surface area contributed by atoms with Gasteiger partial charge in [0.1, 0.15) is 49.0 Å². The first-order chi connectivity index (χ1) is 36.5. The molecule has 0 saturated heterocycles. The van der Waals surface area contributed by atoms with Crippen molar-refractivity contribution in [3.05, 3.63) is 156 Å². The van der Waals surface area contributed by atoms with E-state index in [9.17, 15) is 37.5 Å². The zero-order chi connectivity index (χ0) is 57.8. The molecule has 0 fully saturated rings. The van der Waals surface area contributed by atoms with Crippen molar-refractivity contribution >= 4 is 84.2 Å². The molecule has 19 heteroatoms. The second-order valence-electron chi connectivity index (χ2n) is 20.8. The van der Waals surface area contributed by atoms with Crippen LogP contribution in [0.15, 0.2) is 139 Å². The molecule has 1 aliphatic rings. The minimum absolute atomic E-state index is 0.0469. The van der Waals surface area contributed by atoms with Crippen molar-refractivity contribution in [2.75, 3.05) is 13.7 Å². The lowest BCUT2D eigenvalue weighted by molar-refractivity contribution is -0.157. The van der Waals surface area contributed by atoms with Crippen LogP contribution >= 0.6 is 0 Å². The van der Waals surface area contributed by atoms with E-state index in [0.717, 1.165) is 39.6 Å². The van der Waals surface area contributed by atoms with Gasteiger partial charge in [-0.15, -0.1) is 0 Å². The minimum atomic E-state index is -4.37. The number of fused-ring (bicyclic) bond motifs is 4. The van der Waals surface area contributed by atoms with Gasteiger partial charge in [0.05, 0.1) is 41.4 Å². The standard InChI is InChI=1S/C17H19N3.C16H18N2O2.C10H8N2O2.C9H6N2O2.C7H11F3O/c1-11-13(9-18-16(11)17(2,3)4)15-12-7-5-6-8-14(12)19-10-20-15;1-10(15(20)16(2,3)4)14(19)13-11-7-5-6-8-12(11)17-9-18-13;1-14-10(13)9-7-4-2-3-5-8(7)11-6-12-9;12-9(13)8-6-3-1-2-4-7(6)10-5-11-8;1-6(2,3)5(11)4-7(8,9)10/h5-8,10H,9H2,1-4H3;5-9,19H,1-4H3;2-6H,1H3;1-5H,(H,12,13);4H2,1-3H3. The summed E-state index contributed by atoms with van der Waals surface area (Å²) in [5.41, 5.74) is 7.53. The first-order valence-electron chi connectivity index (χ1n) is 24.5. The fourth-order valence-electron chi connectivity index (χ4n) is 7.76.